The van der Waals surface area contributed by atoms with Gasteiger partial charge < -0.3 is 15.5 Å². The molecule has 148 valence electrons. The summed E-state index contributed by atoms with van der Waals surface area (Å²) in [7, 11) is 0. The van der Waals surface area contributed by atoms with Crippen molar-refractivity contribution in [1.29, 1.82) is 0 Å². The van der Waals surface area contributed by atoms with E-state index in [0.717, 1.165) is 64.8 Å². The second-order valence-corrected chi connectivity index (χ2v) is 6.85. The van der Waals surface area contributed by atoms with Gasteiger partial charge in [-0.1, -0.05) is 12.8 Å². The number of carbonyl (C=O) groups is 2. The smallest absolute Gasteiger partial charge is 0.242 e. The summed E-state index contributed by atoms with van der Waals surface area (Å²) in [4.78, 5) is 30.9. The van der Waals surface area contributed by atoms with Gasteiger partial charge in [0.15, 0.2) is 0 Å². The molecule has 8 heteroatoms. The number of carbonyl (C=O) groups excluding carboxylic acids is 2. The van der Waals surface area contributed by atoms with Crippen LogP contribution in [0.25, 0.3) is 0 Å². The Labute approximate surface area is 164 Å². The van der Waals surface area contributed by atoms with Crippen LogP contribution in [0.1, 0.15) is 46.0 Å². The predicted octanol–water partition coefficient (Wildman–Crippen LogP) is 1.50. The molecule has 0 aromatic carbocycles. The molecule has 2 rings (SSSR count). The van der Waals surface area contributed by atoms with Crippen LogP contribution in [0.4, 0.5) is 0 Å². The minimum atomic E-state index is -0.633. The lowest BCUT2D eigenvalue weighted by Crippen LogP contribution is -2.54. The molecule has 2 fully saturated rings. The van der Waals surface area contributed by atoms with Crippen LogP contribution >= 0.6 is 24.8 Å². The third-order valence-corrected chi connectivity index (χ3v) is 5.27. The van der Waals surface area contributed by atoms with E-state index in [-0.39, 0.29) is 36.6 Å². The number of hydrogen-bond donors (Lipinski definition) is 1. The van der Waals surface area contributed by atoms with Crippen molar-refractivity contribution in [2.45, 2.75) is 51.5 Å². The average Bonchev–Trinajstić information content (AvgIpc) is 2.86. The van der Waals surface area contributed by atoms with Gasteiger partial charge in [0.1, 0.15) is 0 Å². The first kappa shape index (κ1) is 24.4. The zero-order valence-electron chi connectivity index (χ0n) is 15.5. The van der Waals surface area contributed by atoms with Gasteiger partial charge in [-0.25, -0.2) is 0 Å². The van der Waals surface area contributed by atoms with E-state index in [0.29, 0.717) is 13.1 Å². The zero-order chi connectivity index (χ0) is 16.9. The van der Waals surface area contributed by atoms with E-state index in [1.54, 1.807) is 0 Å². The quantitative estimate of drug-likeness (QED) is 0.764. The second kappa shape index (κ2) is 11.2. The number of hydrogen-bond acceptors (Lipinski definition) is 4. The molecule has 2 N–H and O–H groups in total. The maximum absolute atomic E-state index is 12.7. The molecule has 6 nitrogen and oxygen atoms in total. The molecular weight excluding hydrogens is 363 g/mol. The molecule has 1 aliphatic heterocycles. The van der Waals surface area contributed by atoms with Gasteiger partial charge in [0.2, 0.25) is 11.8 Å². The SMILES string of the molecule is CCN(CC)C(=O)CN1CCCN(C(=O)C2(N)CCCC2)CC1.Cl.Cl. The van der Waals surface area contributed by atoms with Crippen molar-refractivity contribution in [2.24, 2.45) is 5.73 Å². The Hall–Kier alpha value is -0.560. The van der Waals surface area contributed by atoms with Crippen molar-refractivity contribution in [3.8, 4) is 0 Å². The molecule has 0 bridgehead atoms. The molecule has 1 aliphatic carbocycles. The maximum atomic E-state index is 12.7. The van der Waals surface area contributed by atoms with E-state index >= 15 is 0 Å². The molecule has 1 saturated heterocycles. The molecule has 0 aromatic heterocycles. The van der Waals surface area contributed by atoms with Crippen LogP contribution in [0, 0.1) is 0 Å². The van der Waals surface area contributed by atoms with Crippen LogP contribution in [0.2, 0.25) is 0 Å². The highest BCUT2D eigenvalue weighted by Gasteiger charge is 2.40. The average molecular weight is 397 g/mol. The summed E-state index contributed by atoms with van der Waals surface area (Å²) in [6.45, 7) is 9.05. The fourth-order valence-corrected chi connectivity index (χ4v) is 3.73. The van der Waals surface area contributed by atoms with Gasteiger partial charge in [-0.15, -0.1) is 24.8 Å². The van der Waals surface area contributed by atoms with Gasteiger partial charge in [-0.2, -0.15) is 0 Å². The molecular formula is C17H34Cl2N4O2. The molecule has 0 aromatic rings. The molecule has 2 amide bonds. The zero-order valence-corrected chi connectivity index (χ0v) is 17.2. The van der Waals surface area contributed by atoms with E-state index in [1.807, 2.05) is 23.6 Å². The van der Waals surface area contributed by atoms with Crippen molar-refractivity contribution < 1.29 is 9.59 Å². The Morgan fingerprint density at radius 2 is 1.56 bits per heavy atom. The van der Waals surface area contributed by atoms with E-state index in [4.69, 9.17) is 5.73 Å². The summed E-state index contributed by atoms with van der Waals surface area (Å²) < 4.78 is 0. The van der Waals surface area contributed by atoms with E-state index in [9.17, 15) is 9.59 Å². The summed E-state index contributed by atoms with van der Waals surface area (Å²) in [5, 5.41) is 0. The van der Waals surface area contributed by atoms with Crippen LogP contribution in [0.15, 0.2) is 0 Å². The summed E-state index contributed by atoms with van der Waals surface area (Å²) in [6.07, 6.45) is 4.65. The Bertz CT molecular complexity index is 427. The van der Waals surface area contributed by atoms with Crippen molar-refractivity contribution in [1.82, 2.24) is 14.7 Å². The molecule has 1 saturated carbocycles. The van der Waals surface area contributed by atoms with Crippen molar-refractivity contribution in [3.63, 3.8) is 0 Å². The lowest BCUT2D eigenvalue weighted by molar-refractivity contribution is -0.136. The topological polar surface area (TPSA) is 69.9 Å². The number of rotatable bonds is 5. The maximum Gasteiger partial charge on any atom is 0.242 e. The highest BCUT2D eigenvalue weighted by molar-refractivity contribution is 5.86. The van der Waals surface area contributed by atoms with E-state index in [2.05, 4.69) is 4.90 Å². The van der Waals surface area contributed by atoms with Crippen LogP contribution < -0.4 is 5.73 Å². The molecule has 0 atom stereocenters. The lowest BCUT2D eigenvalue weighted by Gasteiger charge is -2.31. The van der Waals surface area contributed by atoms with Gasteiger partial charge >= 0.3 is 0 Å². The molecule has 1 heterocycles. The van der Waals surface area contributed by atoms with E-state index < -0.39 is 5.54 Å². The summed E-state index contributed by atoms with van der Waals surface area (Å²) >= 11 is 0. The lowest BCUT2D eigenvalue weighted by atomic mass is 9.97. The van der Waals surface area contributed by atoms with Crippen LogP contribution in [0.3, 0.4) is 0 Å². The third kappa shape index (κ3) is 6.27. The third-order valence-electron chi connectivity index (χ3n) is 5.27. The number of nitrogens with two attached hydrogens (primary N) is 1. The first-order valence-corrected chi connectivity index (χ1v) is 9.08. The minimum Gasteiger partial charge on any atom is -0.342 e. The Morgan fingerprint density at radius 3 is 2.12 bits per heavy atom. The summed E-state index contributed by atoms with van der Waals surface area (Å²) in [6, 6.07) is 0. The molecule has 0 unspecified atom stereocenters. The number of amides is 2. The Kier molecular flexibility index (Phi) is 11.0. The molecule has 0 radical (unpaired) electrons. The second-order valence-electron chi connectivity index (χ2n) is 6.85. The molecule has 25 heavy (non-hydrogen) atoms. The highest BCUT2D eigenvalue weighted by atomic mass is 35.5. The number of halogens is 2. The van der Waals surface area contributed by atoms with Gasteiger partial charge in [0.05, 0.1) is 12.1 Å². The minimum absolute atomic E-state index is 0. The summed E-state index contributed by atoms with van der Waals surface area (Å²) in [5.41, 5.74) is 5.68. The van der Waals surface area contributed by atoms with Gasteiger partial charge in [0, 0.05) is 39.3 Å². The molecule has 2 aliphatic rings. The van der Waals surface area contributed by atoms with Crippen molar-refractivity contribution in [2.75, 3.05) is 45.8 Å². The first-order valence-electron chi connectivity index (χ1n) is 9.08. The monoisotopic (exact) mass is 396 g/mol. The van der Waals surface area contributed by atoms with E-state index in [1.165, 1.54) is 0 Å². The van der Waals surface area contributed by atoms with Crippen molar-refractivity contribution >= 4 is 36.6 Å². The fraction of sp³-hybridized carbons (Fsp3) is 0.882. The fourth-order valence-electron chi connectivity index (χ4n) is 3.73. The van der Waals surface area contributed by atoms with Crippen LogP contribution in [0.5, 0.6) is 0 Å². The van der Waals surface area contributed by atoms with Gasteiger partial charge in [0.25, 0.3) is 0 Å². The summed E-state index contributed by atoms with van der Waals surface area (Å²) in [5.74, 6) is 0.299. The van der Waals surface area contributed by atoms with Gasteiger partial charge in [-0.3, -0.25) is 14.5 Å². The van der Waals surface area contributed by atoms with Crippen LogP contribution in [-0.2, 0) is 9.59 Å². The first-order chi connectivity index (χ1) is 11.0. The molecule has 0 spiro atoms. The Balaban J connectivity index is 0.00000288. The normalized spacial score (nSPS) is 20.2. The highest BCUT2D eigenvalue weighted by Crippen LogP contribution is 2.29. The standard InChI is InChI=1S/C17H32N4O2.2ClH/c1-3-20(4-2)15(22)14-19-10-7-11-21(13-12-19)16(23)17(18)8-5-6-9-17;;/h3-14,18H2,1-2H3;2*1H. The van der Waals surface area contributed by atoms with Gasteiger partial charge in [-0.05, 0) is 33.1 Å². The van der Waals surface area contributed by atoms with Crippen molar-refractivity contribution in [3.05, 3.63) is 0 Å². The largest absolute Gasteiger partial charge is 0.342 e. The predicted molar refractivity (Wildman–Crippen MR) is 105 cm³/mol. The number of likely N-dealkylation sites (N-methyl/N-ethyl adjacent to an activating group) is 1. The Morgan fingerprint density at radius 1 is 0.960 bits per heavy atom. The number of nitrogens with zero attached hydrogens (tertiary/aromatic N) is 3. The van der Waals surface area contributed by atoms with Crippen LogP contribution in [-0.4, -0.2) is 77.9 Å².